The quantitative estimate of drug-likeness (QED) is 0.805. The maximum atomic E-state index is 13.5. The number of hydrogen-bond donors (Lipinski definition) is 3. The van der Waals surface area contributed by atoms with Crippen LogP contribution in [0.4, 0.5) is 15.9 Å². The fourth-order valence-electron chi connectivity index (χ4n) is 2.08. The van der Waals surface area contributed by atoms with Crippen molar-refractivity contribution in [2.75, 3.05) is 11.1 Å². The number of pyridine rings is 1. The van der Waals surface area contributed by atoms with Crippen LogP contribution in [-0.2, 0) is 6.54 Å². The fourth-order valence-corrected chi connectivity index (χ4v) is 2.08. The van der Waals surface area contributed by atoms with E-state index in [1.165, 1.54) is 12.3 Å². The molecule has 0 atom stereocenters. The molecule has 2 rings (SSSR count). The number of nitrogens with one attached hydrogen (secondary N) is 1. The topological polar surface area (TPSA) is 88.2 Å². The van der Waals surface area contributed by atoms with Crippen LogP contribution in [-0.4, -0.2) is 16.1 Å². The summed E-state index contributed by atoms with van der Waals surface area (Å²) in [6, 6.07) is 4.86. The van der Waals surface area contributed by atoms with Gasteiger partial charge in [0.25, 0.3) is 0 Å². The third-order valence-corrected chi connectivity index (χ3v) is 3.14. The van der Waals surface area contributed by atoms with Gasteiger partial charge in [0.2, 0.25) is 0 Å². The predicted octanol–water partition coefficient (Wildman–Crippen LogP) is 2.73. The molecule has 1 aromatic heterocycles. The van der Waals surface area contributed by atoms with Gasteiger partial charge in [0, 0.05) is 6.54 Å². The lowest BCUT2D eigenvalue weighted by molar-refractivity contribution is 0.0698. The number of hydrogen-bond acceptors (Lipinski definition) is 4. The molecule has 1 aromatic carbocycles. The minimum Gasteiger partial charge on any atom is -0.478 e. The third kappa shape index (κ3) is 3.28. The summed E-state index contributed by atoms with van der Waals surface area (Å²) >= 11 is 0. The first-order valence-corrected chi connectivity index (χ1v) is 6.37. The summed E-state index contributed by atoms with van der Waals surface area (Å²) in [5, 5.41) is 12.0. The van der Waals surface area contributed by atoms with Crippen LogP contribution in [0.3, 0.4) is 0 Å². The maximum Gasteiger partial charge on any atom is 0.337 e. The lowest BCUT2D eigenvalue weighted by atomic mass is 10.1. The highest BCUT2D eigenvalue weighted by atomic mass is 19.1. The van der Waals surface area contributed by atoms with E-state index in [0.29, 0.717) is 23.5 Å². The van der Waals surface area contributed by atoms with Gasteiger partial charge in [-0.05, 0) is 36.6 Å². The summed E-state index contributed by atoms with van der Waals surface area (Å²) < 4.78 is 13.5. The summed E-state index contributed by atoms with van der Waals surface area (Å²) in [5.74, 6) is -0.912. The Kier molecular flexibility index (Phi) is 4.07. The second-order valence-electron chi connectivity index (χ2n) is 4.86. The van der Waals surface area contributed by atoms with Gasteiger partial charge in [-0.25, -0.2) is 14.2 Å². The number of halogens is 1. The number of carboxylic acid groups (broad SMARTS) is 1. The van der Waals surface area contributed by atoms with E-state index in [1.54, 1.807) is 26.0 Å². The number of benzene rings is 1. The van der Waals surface area contributed by atoms with E-state index in [1.807, 2.05) is 0 Å². The summed E-state index contributed by atoms with van der Waals surface area (Å²) in [7, 11) is 0. The van der Waals surface area contributed by atoms with Crippen molar-refractivity contribution in [2.45, 2.75) is 20.4 Å². The van der Waals surface area contributed by atoms with Gasteiger partial charge < -0.3 is 16.2 Å². The van der Waals surface area contributed by atoms with Crippen molar-refractivity contribution in [2.24, 2.45) is 0 Å². The third-order valence-electron chi connectivity index (χ3n) is 3.14. The number of aryl methyl sites for hydroxylation is 2. The Bertz CT molecular complexity index is 678. The molecule has 4 N–H and O–H groups in total. The zero-order valence-electron chi connectivity index (χ0n) is 11.8. The average Bonchev–Trinajstić information content (AvgIpc) is 2.43. The monoisotopic (exact) mass is 289 g/mol. The second kappa shape index (κ2) is 5.78. The van der Waals surface area contributed by atoms with Gasteiger partial charge in [0.1, 0.15) is 11.6 Å². The van der Waals surface area contributed by atoms with E-state index in [0.717, 1.165) is 5.56 Å². The molecule has 5 nitrogen and oxygen atoms in total. The molecule has 0 aliphatic heterocycles. The average molecular weight is 289 g/mol. The highest BCUT2D eigenvalue weighted by molar-refractivity contribution is 5.94. The maximum absolute atomic E-state index is 13.5. The number of rotatable bonds is 4. The number of nitrogens with two attached hydrogens (primary N) is 1. The van der Waals surface area contributed by atoms with E-state index < -0.39 is 5.97 Å². The lowest BCUT2D eigenvalue weighted by Gasteiger charge is -2.10. The zero-order chi connectivity index (χ0) is 15.6. The molecule has 0 unspecified atom stereocenters. The molecular formula is C15H16FN3O2. The van der Waals surface area contributed by atoms with E-state index >= 15 is 0 Å². The van der Waals surface area contributed by atoms with Crippen molar-refractivity contribution >= 4 is 17.5 Å². The van der Waals surface area contributed by atoms with Gasteiger partial charge in [-0.3, -0.25) is 0 Å². The van der Waals surface area contributed by atoms with Crippen LogP contribution in [0.15, 0.2) is 24.4 Å². The van der Waals surface area contributed by atoms with Crippen LogP contribution < -0.4 is 11.1 Å². The van der Waals surface area contributed by atoms with Crippen molar-refractivity contribution in [3.63, 3.8) is 0 Å². The van der Waals surface area contributed by atoms with E-state index in [4.69, 9.17) is 10.8 Å². The Balaban J connectivity index is 2.17. The SMILES string of the molecule is Cc1cc(CNc2cc(C(=O)O)c(N)cn2)cc(C)c1F. The van der Waals surface area contributed by atoms with Crippen molar-refractivity contribution in [3.05, 3.63) is 52.5 Å². The molecule has 0 amide bonds. The summed E-state index contributed by atoms with van der Waals surface area (Å²) in [6.45, 7) is 3.82. The smallest absolute Gasteiger partial charge is 0.337 e. The minimum atomic E-state index is -1.11. The molecule has 0 bridgehead atoms. The molecule has 0 fully saturated rings. The van der Waals surface area contributed by atoms with Gasteiger partial charge >= 0.3 is 5.97 Å². The molecule has 0 aliphatic rings. The van der Waals surface area contributed by atoms with Gasteiger partial charge in [0.05, 0.1) is 17.4 Å². The van der Waals surface area contributed by atoms with E-state index in [2.05, 4.69) is 10.3 Å². The first-order chi connectivity index (χ1) is 9.88. The molecule has 0 spiro atoms. The van der Waals surface area contributed by atoms with Gasteiger partial charge in [-0.2, -0.15) is 0 Å². The summed E-state index contributed by atoms with van der Waals surface area (Å²) in [5.41, 5.74) is 7.69. The highest BCUT2D eigenvalue weighted by Crippen LogP contribution is 2.18. The fraction of sp³-hybridized carbons (Fsp3) is 0.200. The highest BCUT2D eigenvalue weighted by Gasteiger charge is 2.10. The van der Waals surface area contributed by atoms with Crippen LogP contribution in [0.25, 0.3) is 0 Å². The molecule has 0 radical (unpaired) electrons. The number of nitrogens with zero attached hydrogens (tertiary/aromatic N) is 1. The zero-order valence-corrected chi connectivity index (χ0v) is 11.8. The number of aromatic nitrogens is 1. The van der Waals surface area contributed by atoms with Crippen LogP contribution >= 0.6 is 0 Å². The molecule has 0 aliphatic carbocycles. The Hall–Kier alpha value is -2.63. The van der Waals surface area contributed by atoms with Gasteiger partial charge in [-0.15, -0.1) is 0 Å². The molecule has 6 heteroatoms. The van der Waals surface area contributed by atoms with E-state index in [9.17, 15) is 9.18 Å². The first-order valence-electron chi connectivity index (χ1n) is 6.37. The number of nitrogen functional groups attached to an aromatic ring is 1. The molecule has 0 saturated carbocycles. The molecular weight excluding hydrogens is 273 g/mol. The lowest BCUT2D eigenvalue weighted by Crippen LogP contribution is -2.07. The van der Waals surface area contributed by atoms with Gasteiger partial charge in [0.15, 0.2) is 0 Å². The predicted molar refractivity (Wildman–Crippen MR) is 78.8 cm³/mol. The largest absolute Gasteiger partial charge is 0.478 e. The first kappa shape index (κ1) is 14.8. The number of anilines is 2. The van der Waals surface area contributed by atoms with E-state index in [-0.39, 0.29) is 17.1 Å². The van der Waals surface area contributed by atoms with Crippen LogP contribution in [0, 0.1) is 19.7 Å². The standard InChI is InChI=1S/C15H16FN3O2/c1-8-3-10(4-9(2)14(8)16)6-18-13-5-11(15(20)21)12(17)7-19-13/h3-5,7H,6,17H2,1-2H3,(H,18,19)(H,20,21). The molecule has 21 heavy (non-hydrogen) atoms. The van der Waals surface area contributed by atoms with Crippen molar-refractivity contribution in [1.82, 2.24) is 4.98 Å². The number of carboxylic acids is 1. The van der Waals surface area contributed by atoms with Crippen LogP contribution in [0.5, 0.6) is 0 Å². The molecule has 1 heterocycles. The Morgan fingerprint density at radius 1 is 1.33 bits per heavy atom. The normalized spacial score (nSPS) is 10.4. The Morgan fingerprint density at radius 2 is 1.95 bits per heavy atom. The minimum absolute atomic E-state index is 0.000956. The molecule has 2 aromatic rings. The van der Waals surface area contributed by atoms with Crippen molar-refractivity contribution < 1.29 is 14.3 Å². The van der Waals surface area contributed by atoms with Crippen LogP contribution in [0.2, 0.25) is 0 Å². The molecule has 0 saturated heterocycles. The number of carbonyl (C=O) groups is 1. The molecule has 110 valence electrons. The summed E-state index contributed by atoms with van der Waals surface area (Å²) in [6.07, 6.45) is 1.30. The second-order valence-corrected chi connectivity index (χ2v) is 4.86. The van der Waals surface area contributed by atoms with Gasteiger partial charge in [-0.1, -0.05) is 12.1 Å². The van der Waals surface area contributed by atoms with Crippen molar-refractivity contribution in [1.29, 1.82) is 0 Å². The summed E-state index contributed by atoms with van der Waals surface area (Å²) in [4.78, 5) is 15.0. The van der Waals surface area contributed by atoms with Crippen molar-refractivity contribution in [3.8, 4) is 0 Å². The Labute approximate surface area is 121 Å². The Morgan fingerprint density at radius 3 is 2.52 bits per heavy atom. The number of aromatic carboxylic acids is 1. The van der Waals surface area contributed by atoms with Crippen LogP contribution in [0.1, 0.15) is 27.0 Å².